The number of nitrogens with zero attached hydrogens (tertiary/aromatic N) is 2. The van der Waals surface area contributed by atoms with Gasteiger partial charge in [-0.25, -0.2) is 0 Å². The lowest BCUT2D eigenvalue weighted by atomic mass is 10.2. The molecule has 19 heavy (non-hydrogen) atoms. The van der Waals surface area contributed by atoms with E-state index in [2.05, 4.69) is 17.3 Å². The number of rotatable bonds is 5. The molecule has 2 rings (SSSR count). The number of hydrogen-bond acceptors (Lipinski definition) is 3. The van der Waals surface area contributed by atoms with Crippen LogP contribution in [-0.2, 0) is 20.0 Å². The van der Waals surface area contributed by atoms with Gasteiger partial charge in [0.1, 0.15) is 5.75 Å². The van der Waals surface area contributed by atoms with Crippen molar-refractivity contribution in [2.45, 2.75) is 19.9 Å². The van der Waals surface area contributed by atoms with Crippen molar-refractivity contribution < 1.29 is 4.74 Å². The first-order valence-electron chi connectivity index (χ1n) is 6.22. The minimum absolute atomic E-state index is 0.683. The highest BCUT2D eigenvalue weighted by molar-refractivity contribution is 6.33. The zero-order valence-electron chi connectivity index (χ0n) is 11.4. The fourth-order valence-electron chi connectivity index (χ4n) is 1.99. The topological polar surface area (TPSA) is 39.1 Å². The van der Waals surface area contributed by atoms with Crippen molar-refractivity contribution in [1.29, 1.82) is 0 Å². The molecule has 0 bridgehead atoms. The molecule has 1 N–H and O–H groups in total. The zero-order chi connectivity index (χ0) is 13.8. The average Bonchev–Trinajstić information content (AvgIpc) is 2.78. The summed E-state index contributed by atoms with van der Waals surface area (Å²) in [7, 11) is 3.57. The highest BCUT2D eigenvalue weighted by Gasteiger charge is 2.07. The Bertz CT molecular complexity index is 566. The maximum atomic E-state index is 6.16. The molecule has 4 nitrogen and oxygen atoms in total. The van der Waals surface area contributed by atoms with E-state index in [4.69, 9.17) is 16.3 Å². The highest BCUT2D eigenvalue weighted by atomic mass is 35.5. The third-order valence-corrected chi connectivity index (χ3v) is 3.30. The van der Waals surface area contributed by atoms with Crippen molar-refractivity contribution in [2.24, 2.45) is 7.05 Å². The van der Waals surface area contributed by atoms with Crippen LogP contribution in [0.15, 0.2) is 24.4 Å². The molecule has 0 amide bonds. The smallest absolute Gasteiger partial charge is 0.121 e. The van der Waals surface area contributed by atoms with E-state index < -0.39 is 0 Å². The Hall–Kier alpha value is -1.68. The minimum Gasteiger partial charge on any atom is -0.497 e. The van der Waals surface area contributed by atoms with Gasteiger partial charge in [0.2, 0.25) is 0 Å². The Kier molecular flexibility index (Phi) is 4.32. The second-order valence-electron chi connectivity index (χ2n) is 4.33. The first kappa shape index (κ1) is 13.7. The van der Waals surface area contributed by atoms with Gasteiger partial charge >= 0.3 is 0 Å². The van der Waals surface area contributed by atoms with Crippen LogP contribution in [0.5, 0.6) is 5.75 Å². The summed E-state index contributed by atoms with van der Waals surface area (Å²) < 4.78 is 7.03. The normalized spacial score (nSPS) is 10.5. The van der Waals surface area contributed by atoms with Crippen molar-refractivity contribution in [3.8, 4) is 5.75 Å². The van der Waals surface area contributed by atoms with Gasteiger partial charge in [0.05, 0.1) is 23.5 Å². The standard InChI is InChI=1S/C14H18ClN3O/c1-4-13-10(9-18(2)17-13)8-16-14-7-11(19-3)5-6-12(14)15/h5-7,9,16H,4,8H2,1-3H3. The first-order chi connectivity index (χ1) is 9.13. The number of ether oxygens (including phenoxy) is 1. The van der Waals surface area contributed by atoms with E-state index in [1.165, 1.54) is 5.56 Å². The first-order valence-corrected chi connectivity index (χ1v) is 6.60. The predicted molar refractivity (Wildman–Crippen MR) is 77.9 cm³/mol. The Morgan fingerprint density at radius 3 is 2.89 bits per heavy atom. The van der Waals surface area contributed by atoms with Crippen LogP contribution in [0.2, 0.25) is 5.02 Å². The predicted octanol–water partition coefficient (Wildman–Crippen LogP) is 3.26. The Morgan fingerprint density at radius 1 is 1.42 bits per heavy atom. The summed E-state index contributed by atoms with van der Waals surface area (Å²) >= 11 is 6.16. The molecule has 1 aromatic carbocycles. The largest absolute Gasteiger partial charge is 0.497 e. The van der Waals surface area contributed by atoms with Crippen LogP contribution >= 0.6 is 11.6 Å². The van der Waals surface area contributed by atoms with Gasteiger partial charge < -0.3 is 10.1 Å². The summed E-state index contributed by atoms with van der Waals surface area (Å²) in [5, 5.41) is 8.43. The molecule has 102 valence electrons. The summed E-state index contributed by atoms with van der Waals surface area (Å²) in [6.07, 6.45) is 2.95. The molecule has 0 saturated heterocycles. The fourth-order valence-corrected chi connectivity index (χ4v) is 2.17. The second-order valence-corrected chi connectivity index (χ2v) is 4.73. The van der Waals surface area contributed by atoms with E-state index in [0.29, 0.717) is 11.6 Å². The number of anilines is 1. The van der Waals surface area contributed by atoms with Crippen molar-refractivity contribution in [2.75, 3.05) is 12.4 Å². The number of aromatic nitrogens is 2. The number of nitrogens with one attached hydrogen (secondary N) is 1. The van der Waals surface area contributed by atoms with Gasteiger partial charge in [0.25, 0.3) is 0 Å². The quantitative estimate of drug-likeness (QED) is 0.913. The third kappa shape index (κ3) is 3.20. The Balaban J connectivity index is 2.13. The highest BCUT2D eigenvalue weighted by Crippen LogP contribution is 2.27. The molecule has 0 atom stereocenters. The van der Waals surface area contributed by atoms with E-state index >= 15 is 0 Å². The van der Waals surface area contributed by atoms with Crippen molar-refractivity contribution in [3.63, 3.8) is 0 Å². The lowest BCUT2D eigenvalue weighted by Crippen LogP contribution is -2.02. The van der Waals surface area contributed by atoms with Crippen LogP contribution in [-0.4, -0.2) is 16.9 Å². The summed E-state index contributed by atoms with van der Waals surface area (Å²) in [6, 6.07) is 5.56. The lowest BCUT2D eigenvalue weighted by molar-refractivity contribution is 0.415. The van der Waals surface area contributed by atoms with E-state index in [1.54, 1.807) is 7.11 Å². The van der Waals surface area contributed by atoms with Gasteiger partial charge in [-0.2, -0.15) is 5.10 Å². The third-order valence-electron chi connectivity index (χ3n) is 2.97. The van der Waals surface area contributed by atoms with Gasteiger partial charge in [-0.05, 0) is 18.6 Å². The van der Waals surface area contributed by atoms with Crippen LogP contribution in [0.1, 0.15) is 18.2 Å². The minimum atomic E-state index is 0.683. The molecule has 0 aliphatic carbocycles. The molecule has 2 aromatic rings. The van der Waals surface area contributed by atoms with Crippen molar-refractivity contribution >= 4 is 17.3 Å². The lowest BCUT2D eigenvalue weighted by Gasteiger charge is -2.09. The molecule has 0 aliphatic rings. The molecule has 0 radical (unpaired) electrons. The van der Waals surface area contributed by atoms with Gasteiger partial charge in [0.15, 0.2) is 0 Å². The van der Waals surface area contributed by atoms with E-state index in [1.807, 2.05) is 36.1 Å². The van der Waals surface area contributed by atoms with Gasteiger partial charge in [-0.15, -0.1) is 0 Å². The Labute approximate surface area is 118 Å². The van der Waals surface area contributed by atoms with E-state index in [-0.39, 0.29) is 0 Å². The van der Waals surface area contributed by atoms with Crippen LogP contribution in [0.25, 0.3) is 0 Å². The molecule has 0 saturated carbocycles. The molecule has 0 fully saturated rings. The molecule has 0 unspecified atom stereocenters. The van der Waals surface area contributed by atoms with E-state index in [0.717, 1.165) is 23.6 Å². The van der Waals surface area contributed by atoms with Crippen LogP contribution in [0, 0.1) is 0 Å². The average molecular weight is 280 g/mol. The number of hydrogen-bond donors (Lipinski definition) is 1. The number of benzene rings is 1. The summed E-state index contributed by atoms with van der Waals surface area (Å²) in [5.74, 6) is 0.786. The second kappa shape index (κ2) is 5.97. The number of methoxy groups -OCH3 is 1. The van der Waals surface area contributed by atoms with Crippen LogP contribution in [0.3, 0.4) is 0 Å². The SMILES string of the molecule is CCc1nn(C)cc1CNc1cc(OC)ccc1Cl. The van der Waals surface area contributed by atoms with Crippen molar-refractivity contribution in [3.05, 3.63) is 40.7 Å². The number of halogens is 1. The molecule has 0 aliphatic heterocycles. The molecule has 0 spiro atoms. The molecule has 1 heterocycles. The van der Waals surface area contributed by atoms with Gasteiger partial charge in [0, 0.05) is 31.4 Å². The maximum absolute atomic E-state index is 6.16. The van der Waals surface area contributed by atoms with Gasteiger partial charge in [-0.3, -0.25) is 4.68 Å². The van der Waals surface area contributed by atoms with Crippen LogP contribution < -0.4 is 10.1 Å². The van der Waals surface area contributed by atoms with Crippen molar-refractivity contribution in [1.82, 2.24) is 9.78 Å². The van der Waals surface area contributed by atoms with Gasteiger partial charge in [-0.1, -0.05) is 18.5 Å². The Morgan fingerprint density at radius 2 is 2.21 bits per heavy atom. The summed E-state index contributed by atoms with van der Waals surface area (Å²) in [5.41, 5.74) is 3.16. The molecule has 5 heteroatoms. The summed E-state index contributed by atoms with van der Waals surface area (Å²) in [6.45, 7) is 2.80. The molecule has 1 aromatic heterocycles. The number of aryl methyl sites for hydroxylation is 2. The monoisotopic (exact) mass is 279 g/mol. The maximum Gasteiger partial charge on any atom is 0.121 e. The zero-order valence-corrected chi connectivity index (χ0v) is 12.2. The summed E-state index contributed by atoms with van der Waals surface area (Å²) in [4.78, 5) is 0. The molecular weight excluding hydrogens is 262 g/mol. The molecular formula is C14H18ClN3O. The van der Waals surface area contributed by atoms with E-state index in [9.17, 15) is 0 Å². The fraction of sp³-hybridized carbons (Fsp3) is 0.357. The van der Waals surface area contributed by atoms with Crippen LogP contribution in [0.4, 0.5) is 5.69 Å².